The Balaban J connectivity index is 2.04. The van der Waals surface area contributed by atoms with Crippen LogP contribution in [-0.4, -0.2) is 49.3 Å². The van der Waals surface area contributed by atoms with E-state index in [1.807, 2.05) is 0 Å². The molecule has 3 nitrogen and oxygen atoms in total. The van der Waals surface area contributed by atoms with Gasteiger partial charge in [0, 0.05) is 18.6 Å². The van der Waals surface area contributed by atoms with Crippen molar-refractivity contribution < 1.29 is 4.74 Å². The first-order chi connectivity index (χ1) is 7.59. The number of nitrogens with zero attached hydrogens (tertiary/aromatic N) is 1. The first kappa shape index (κ1) is 13.9. The minimum absolute atomic E-state index is 0.351. The monoisotopic (exact) mass is 228 g/mol. The Bertz CT molecular complexity index is 175. The summed E-state index contributed by atoms with van der Waals surface area (Å²) in [4.78, 5) is 2.56. The van der Waals surface area contributed by atoms with E-state index in [4.69, 9.17) is 4.74 Å². The smallest absolute Gasteiger partial charge is 0.0594 e. The molecule has 0 unspecified atom stereocenters. The van der Waals surface area contributed by atoms with Crippen molar-refractivity contribution >= 4 is 0 Å². The number of hydrogen-bond acceptors (Lipinski definition) is 3. The molecule has 16 heavy (non-hydrogen) atoms. The van der Waals surface area contributed by atoms with E-state index in [0.717, 1.165) is 13.2 Å². The van der Waals surface area contributed by atoms with Crippen LogP contribution in [0.5, 0.6) is 0 Å². The van der Waals surface area contributed by atoms with Gasteiger partial charge in [-0.1, -0.05) is 0 Å². The van der Waals surface area contributed by atoms with Crippen molar-refractivity contribution in [3.8, 4) is 0 Å². The maximum atomic E-state index is 5.52. The lowest BCUT2D eigenvalue weighted by Crippen LogP contribution is -2.45. The SMILES string of the molecule is CC(C)OCCNC1CCN(C(C)C)CC1. The second-order valence-electron chi connectivity index (χ2n) is 5.28. The van der Waals surface area contributed by atoms with Gasteiger partial charge in [-0.15, -0.1) is 0 Å². The van der Waals surface area contributed by atoms with Crippen molar-refractivity contribution in [1.29, 1.82) is 0 Å². The van der Waals surface area contributed by atoms with E-state index in [2.05, 4.69) is 37.9 Å². The van der Waals surface area contributed by atoms with Crippen molar-refractivity contribution in [3.63, 3.8) is 0 Å². The van der Waals surface area contributed by atoms with Gasteiger partial charge in [0.15, 0.2) is 0 Å². The summed E-state index contributed by atoms with van der Waals surface area (Å²) < 4.78 is 5.52. The number of piperidine rings is 1. The molecule has 0 aliphatic carbocycles. The molecule has 0 aromatic carbocycles. The van der Waals surface area contributed by atoms with Crippen LogP contribution in [0.2, 0.25) is 0 Å². The molecule has 0 spiro atoms. The van der Waals surface area contributed by atoms with E-state index < -0.39 is 0 Å². The molecule has 1 aliphatic rings. The molecule has 0 aromatic rings. The largest absolute Gasteiger partial charge is 0.377 e. The van der Waals surface area contributed by atoms with E-state index >= 15 is 0 Å². The maximum Gasteiger partial charge on any atom is 0.0594 e. The highest BCUT2D eigenvalue weighted by Crippen LogP contribution is 2.12. The van der Waals surface area contributed by atoms with Gasteiger partial charge >= 0.3 is 0 Å². The van der Waals surface area contributed by atoms with Gasteiger partial charge in [-0.25, -0.2) is 0 Å². The van der Waals surface area contributed by atoms with Crippen molar-refractivity contribution in [2.75, 3.05) is 26.2 Å². The van der Waals surface area contributed by atoms with Gasteiger partial charge in [0.2, 0.25) is 0 Å². The van der Waals surface area contributed by atoms with Crippen LogP contribution in [0.3, 0.4) is 0 Å². The Labute approximate surface area is 101 Å². The average molecular weight is 228 g/mol. The minimum atomic E-state index is 0.351. The third kappa shape index (κ3) is 5.28. The van der Waals surface area contributed by atoms with Crippen LogP contribution in [0.15, 0.2) is 0 Å². The molecule has 1 heterocycles. The quantitative estimate of drug-likeness (QED) is 0.703. The van der Waals surface area contributed by atoms with Crippen LogP contribution < -0.4 is 5.32 Å². The van der Waals surface area contributed by atoms with E-state index in [1.165, 1.54) is 25.9 Å². The summed E-state index contributed by atoms with van der Waals surface area (Å²) in [7, 11) is 0. The molecule has 3 heteroatoms. The van der Waals surface area contributed by atoms with Crippen molar-refractivity contribution in [3.05, 3.63) is 0 Å². The third-order valence-corrected chi connectivity index (χ3v) is 3.25. The van der Waals surface area contributed by atoms with Crippen molar-refractivity contribution in [2.45, 2.75) is 58.7 Å². The van der Waals surface area contributed by atoms with Gasteiger partial charge < -0.3 is 15.0 Å². The van der Waals surface area contributed by atoms with Gasteiger partial charge in [-0.05, 0) is 53.6 Å². The second-order valence-corrected chi connectivity index (χ2v) is 5.28. The predicted octanol–water partition coefficient (Wildman–Crippen LogP) is 1.87. The number of rotatable bonds is 6. The van der Waals surface area contributed by atoms with Gasteiger partial charge in [0.05, 0.1) is 12.7 Å². The lowest BCUT2D eigenvalue weighted by Gasteiger charge is -2.35. The number of ether oxygens (including phenoxy) is 1. The lowest BCUT2D eigenvalue weighted by molar-refractivity contribution is 0.0763. The zero-order valence-corrected chi connectivity index (χ0v) is 11.3. The number of nitrogens with one attached hydrogen (secondary N) is 1. The molecule has 96 valence electrons. The number of likely N-dealkylation sites (tertiary alicyclic amines) is 1. The van der Waals surface area contributed by atoms with Crippen LogP contribution in [0.4, 0.5) is 0 Å². The molecule has 0 aromatic heterocycles. The molecule has 1 aliphatic heterocycles. The van der Waals surface area contributed by atoms with E-state index in [1.54, 1.807) is 0 Å². The molecular formula is C13H28N2O. The molecule has 0 bridgehead atoms. The Morgan fingerprint density at radius 3 is 2.31 bits per heavy atom. The highest BCUT2D eigenvalue weighted by molar-refractivity contribution is 4.78. The first-order valence-corrected chi connectivity index (χ1v) is 6.68. The van der Waals surface area contributed by atoms with E-state index in [0.29, 0.717) is 18.2 Å². The molecule has 1 fully saturated rings. The summed E-state index contributed by atoms with van der Waals surface area (Å²) in [5, 5.41) is 3.58. The molecule has 1 N–H and O–H groups in total. The molecule has 1 rings (SSSR count). The van der Waals surface area contributed by atoms with Crippen LogP contribution in [0, 0.1) is 0 Å². The van der Waals surface area contributed by atoms with Crippen LogP contribution in [-0.2, 0) is 4.74 Å². The van der Waals surface area contributed by atoms with Crippen molar-refractivity contribution in [1.82, 2.24) is 10.2 Å². The summed E-state index contributed by atoms with van der Waals surface area (Å²) >= 11 is 0. The Kier molecular flexibility index (Phi) is 6.32. The fourth-order valence-corrected chi connectivity index (χ4v) is 2.18. The average Bonchev–Trinajstić information content (AvgIpc) is 2.25. The minimum Gasteiger partial charge on any atom is -0.377 e. The summed E-state index contributed by atoms with van der Waals surface area (Å²) in [6, 6.07) is 1.40. The Morgan fingerprint density at radius 1 is 1.19 bits per heavy atom. The molecule has 0 atom stereocenters. The summed E-state index contributed by atoms with van der Waals surface area (Å²) in [6.45, 7) is 13.0. The first-order valence-electron chi connectivity index (χ1n) is 6.68. The van der Waals surface area contributed by atoms with Gasteiger partial charge in [-0.3, -0.25) is 0 Å². The highest BCUT2D eigenvalue weighted by atomic mass is 16.5. The molecule has 0 amide bonds. The normalized spacial score (nSPS) is 19.9. The molecule has 0 saturated carbocycles. The fourth-order valence-electron chi connectivity index (χ4n) is 2.18. The maximum absolute atomic E-state index is 5.52. The highest BCUT2D eigenvalue weighted by Gasteiger charge is 2.19. The van der Waals surface area contributed by atoms with E-state index in [9.17, 15) is 0 Å². The topological polar surface area (TPSA) is 24.5 Å². The van der Waals surface area contributed by atoms with Gasteiger partial charge in [-0.2, -0.15) is 0 Å². The second kappa shape index (κ2) is 7.25. The summed E-state index contributed by atoms with van der Waals surface area (Å²) in [5.74, 6) is 0. The van der Waals surface area contributed by atoms with Gasteiger partial charge in [0.25, 0.3) is 0 Å². The zero-order valence-electron chi connectivity index (χ0n) is 11.3. The van der Waals surface area contributed by atoms with Gasteiger partial charge in [0.1, 0.15) is 0 Å². The summed E-state index contributed by atoms with van der Waals surface area (Å²) in [5.41, 5.74) is 0. The zero-order chi connectivity index (χ0) is 12.0. The van der Waals surface area contributed by atoms with Crippen LogP contribution in [0.25, 0.3) is 0 Å². The standard InChI is InChI=1S/C13H28N2O/c1-11(2)15-8-5-13(6-9-15)14-7-10-16-12(3)4/h11-14H,5-10H2,1-4H3. The van der Waals surface area contributed by atoms with E-state index in [-0.39, 0.29) is 0 Å². The predicted molar refractivity (Wildman–Crippen MR) is 68.8 cm³/mol. The Morgan fingerprint density at radius 2 is 1.81 bits per heavy atom. The third-order valence-electron chi connectivity index (χ3n) is 3.25. The van der Waals surface area contributed by atoms with Crippen LogP contribution in [0.1, 0.15) is 40.5 Å². The summed E-state index contributed by atoms with van der Waals surface area (Å²) in [6.07, 6.45) is 2.91. The molecular weight excluding hydrogens is 200 g/mol. The fraction of sp³-hybridized carbons (Fsp3) is 1.00. The van der Waals surface area contributed by atoms with Crippen molar-refractivity contribution in [2.24, 2.45) is 0 Å². The number of hydrogen-bond donors (Lipinski definition) is 1. The molecule has 0 radical (unpaired) electrons. The lowest BCUT2D eigenvalue weighted by atomic mass is 10.0. The van der Waals surface area contributed by atoms with Crippen LogP contribution >= 0.6 is 0 Å². The molecule has 1 saturated heterocycles. The Hall–Kier alpha value is -0.120.